The van der Waals surface area contributed by atoms with E-state index in [4.69, 9.17) is 0 Å². The number of H-pyrrole nitrogens is 1. The molecule has 0 bridgehead atoms. The van der Waals surface area contributed by atoms with Crippen LogP contribution in [0.25, 0.3) is 0 Å². The Morgan fingerprint density at radius 2 is 2.18 bits per heavy atom. The van der Waals surface area contributed by atoms with Crippen molar-refractivity contribution in [3.8, 4) is 0 Å². The number of carbonyl (C=O) groups excluding carboxylic acids is 2. The van der Waals surface area contributed by atoms with Crippen LogP contribution in [0.2, 0.25) is 0 Å². The highest BCUT2D eigenvalue weighted by atomic mass is 19.1. The van der Waals surface area contributed by atoms with Crippen molar-refractivity contribution in [3.63, 3.8) is 0 Å². The second-order valence-electron chi connectivity index (χ2n) is 4.82. The lowest BCUT2D eigenvalue weighted by Crippen LogP contribution is -2.40. The highest BCUT2D eigenvalue weighted by Crippen LogP contribution is 2.09. The third-order valence-electron chi connectivity index (χ3n) is 2.84. The van der Waals surface area contributed by atoms with Gasteiger partial charge in [0.25, 0.3) is 0 Å². The van der Waals surface area contributed by atoms with Gasteiger partial charge in [-0.1, -0.05) is 12.1 Å². The van der Waals surface area contributed by atoms with Gasteiger partial charge in [-0.2, -0.15) is 4.98 Å². The molecule has 116 valence electrons. The molecule has 0 saturated heterocycles. The topological polar surface area (TPSA) is 99.8 Å². The van der Waals surface area contributed by atoms with Crippen LogP contribution in [0.15, 0.2) is 24.3 Å². The van der Waals surface area contributed by atoms with E-state index >= 15 is 0 Å². The van der Waals surface area contributed by atoms with Gasteiger partial charge >= 0.3 is 0 Å². The van der Waals surface area contributed by atoms with E-state index in [9.17, 15) is 14.0 Å². The predicted molar refractivity (Wildman–Crippen MR) is 77.5 cm³/mol. The van der Waals surface area contributed by atoms with Gasteiger partial charge < -0.3 is 5.32 Å². The fourth-order valence-electron chi connectivity index (χ4n) is 1.86. The summed E-state index contributed by atoms with van der Waals surface area (Å²) in [6.45, 7) is 2.88. The van der Waals surface area contributed by atoms with Gasteiger partial charge in [-0.05, 0) is 24.6 Å². The first kappa shape index (κ1) is 15.6. The number of nitrogens with zero attached hydrogens (tertiary/aromatic N) is 2. The molecule has 0 aliphatic carbocycles. The van der Waals surface area contributed by atoms with Gasteiger partial charge in [-0.15, -0.1) is 5.10 Å². The number of halogens is 1. The van der Waals surface area contributed by atoms with Crippen LogP contribution < -0.4 is 10.6 Å². The normalized spacial score (nSPS) is 11.8. The zero-order valence-corrected chi connectivity index (χ0v) is 12.2. The molecule has 0 fully saturated rings. The quantitative estimate of drug-likeness (QED) is 0.767. The molecule has 1 unspecified atom stereocenters. The van der Waals surface area contributed by atoms with Gasteiger partial charge in [-0.3, -0.25) is 20.0 Å². The Morgan fingerprint density at radius 1 is 1.41 bits per heavy atom. The summed E-state index contributed by atoms with van der Waals surface area (Å²) in [7, 11) is 0. The molecule has 3 N–H and O–H groups in total. The van der Waals surface area contributed by atoms with Crippen molar-refractivity contribution in [2.75, 3.05) is 5.32 Å². The van der Waals surface area contributed by atoms with Crippen molar-refractivity contribution in [1.82, 2.24) is 20.5 Å². The number of rotatable bonds is 5. The van der Waals surface area contributed by atoms with Crippen molar-refractivity contribution >= 4 is 17.8 Å². The molecular weight excluding hydrogens is 289 g/mol. The van der Waals surface area contributed by atoms with Crippen LogP contribution in [0.1, 0.15) is 25.2 Å². The number of benzene rings is 1. The predicted octanol–water partition coefficient (Wildman–Crippen LogP) is 0.998. The molecule has 0 aliphatic rings. The summed E-state index contributed by atoms with van der Waals surface area (Å²) in [4.78, 5) is 26.8. The number of aromatic amines is 1. The highest BCUT2D eigenvalue weighted by Gasteiger charge is 2.15. The Kier molecular flexibility index (Phi) is 4.82. The van der Waals surface area contributed by atoms with Crippen molar-refractivity contribution in [3.05, 3.63) is 41.5 Å². The summed E-state index contributed by atoms with van der Waals surface area (Å²) in [5, 5.41) is 11.5. The molecule has 1 aromatic carbocycles. The summed E-state index contributed by atoms with van der Waals surface area (Å²) >= 11 is 0. The molecule has 0 radical (unpaired) electrons. The number of carbonyl (C=O) groups is 2. The Bertz CT molecular complexity index is 685. The van der Waals surface area contributed by atoms with Crippen molar-refractivity contribution in [2.24, 2.45) is 0 Å². The lowest BCUT2D eigenvalue weighted by Gasteiger charge is -2.10. The molecule has 22 heavy (non-hydrogen) atoms. The number of hydrogen-bond acceptors (Lipinski definition) is 4. The lowest BCUT2D eigenvalue weighted by atomic mass is 10.1. The van der Waals surface area contributed by atoms with Crippen LogP contribution >= 0.6 is 0 Å². The zero-order valence-electron chi connectivity index (χ0n) is 12.2. The minimum absolute atomic E-state index is 0.105. The van der Waals surface area contributed by atoms with Crippen LogP contribution in [0.3, 0.4) is 0 Å². The Hall–Kier alpha value is -2.77. The Morgan fingerprint density at radius 3 is 2.86 bits per heavy atom. The second kappa shape index (κ2) is 6.79. The zero-order chi connectivity index (χ0) is 16.1. The van der Waals surface area contributed by atoms with E-state index in [1.165, 1.54) is 19.1 Å². The summed E-state index contributed by atoms with van der Waals surface area (Å²) < 4.78 is 13.1. The van der Waals surface area contributed by atoms with Gasteiger partial charge in [0, 0.05) is 13.3 Å². The smallest absolute Gasteiger partial charge is 0.249 e. The maximum Gasteiger partial charge on any atom is 0.249 e. The highest BCUT2D eigenvalue weighted by molar-refractivity contribution is 5.95. The molecule has 2 rings (SSSR count). The summed E-state index contributed by atoms with van der Waals surface area (Å²) in [5.41, 5.74) is 0.737. The Balaban J connectivity index is 1.96. The molecule has 2 amide bonds. The monoisotopic (exact) mass is 305 g/mol. The lowest BCUT2D eigenvalue weighted by molar-refractivity contribution is -0.124. The minimum Gasteiger partial charge on any atom is -0.345 e. The number of aromatic nitrogens is 3. The van der Waals surface area contributed by atoms with Crippen LogP contribution in [-0.4, -0.2) is 33.0 Å². The maximum absolute atomic E-state index is 13.1. The molecule has 0 aliphatic heterocycles. The van der Waals surface area contributed by atoms with Gasteiger partial charge in [0.15, 0.2) is 0 Å². The molecule has 0 saturated carbocycles. The average Bonchev–Trinajstić information content (AvgIpc) is 2.85. The van der Waals surface area contributed by atoms with E-state index in [0.29, 0.717) is 12.2 Å². The first-order valence-corrected chi connectivity index (χ1v) is 6.67. The van der Waals surface area contributed by atoms with Gasteiger partial charge in [0.05, 0.1) is 0 Å². The van der Waals surface area contributed by atoms with Crippen molar-refractivity contribution in [1.29, 1.82) is 0 Å². The van der Waals surface area contributed by atoms with E-state index in [0.717, 1.165) is 5.56 Å². The number of nitrogens with one attached hydrogen (secondary N) is 3. The van der Waals surface area contributed by atoms with Gasteiger partial charge in [-0.25, -0.2) is 4.39 Å². The molecular formula is C14H16FN5O2. The van der Waals surface area contributed by atoms with E-state index in [-0.39, 0.29) is 17.7 Å². The van der Waals surface area contributed by atoms with E-state index in [1.807, 2.05) is 0 Å². The molecule has 7 nitrogen and oxygen atoms in total. The first-order valence-electron chi connectivity index (χ1n) is 6.67. The standard InChI is InChI=1S/C14H16FN5O2/c1-8(16-9(2)21)13(22)18-14-17-12(19-20-14)7-10-4-3-5-11(15)6-10/h3-6,8H,7H2,1-2H3,(H,16,21)(H2,17,18,19,20,22). The largest absolute Gasteiger partial charge is 0.345 e. The van der Waals surface area contributed by atoms with E-state index < -0.39 is 11.9 Å². The van der Waals surface area contributed by atoms with Gasteiger partial charge in [0.1, 0.15) is 17.7 Å². The average molecular weight is 305 g/mol. The van der Waals surface area contributed by atoms with Gasteiger partial charge in [0.2, 0.25) is 17.8 Å². The second-order valence-corrected chi connectivity index (χ2v) is 4.82. The summed E-state index contributed by atoms with van der Waals surface area (Å²) in [6.07, 6.45) is 0.363. The number of hydrogen-bond donors (Lipinski definition) is 3. The third kappa shape index (κ3) is 4.37. The van der Waals surface area contributed by atoms with Crippen LogP contribution in [0.5, 0.6) is 0 Å². The third-order valence-corrected chi connectivity index (χ3v) is 2.84. The molecule has 1 atom stereocenters. The van der Waals surface area contributed by atoms with Crippen molar-refractivity contribution < 1.29 is 14.0 Å². The number of amides is 2. The molecule has 1 aromatic heterocycles. The van der Waals surface area contributed by atoms with Crippen LogP contribution in [-0.2, 0) is 16.0 Å². The Labute approximate surface area is 126 Å². The molecule has 0 spiro atoms. The maximum atomic E-state index is 13.1. The SMILES string of the molecule is CC(=O)NC(C)C(=O)Nc1n[nH]c(Cc2cccc(F)c2)n1. The number of anilines is 1. The molecule has 8 heteroatoms. The van der Waals surface area contributed by atoms with Crippen molar-refractivity contribution in [2.45, 2.75) is 26.3 Å². The van der Waals surface area contributed by atoms with Crippen LogP contribution in [0.4, 0.5) is 10.3 Å². The summed E-state index contributed by atoms with van der Waals surface area (Å²) in [5.74, 6) is -0.452. The summed E-state index contributed by atoms with van der Waals surface area (Å²) in [6, 6.07) is 5.45. The van der Waals surface area contributed by atoms with E-state index in [2.05, 4.69) is 25.8 Å². The van der Waals surface area contributed by atoms with Crippen LogP contribution in [0, 0.1) is 5.82 Å². The molecule has 2 aromatic rings. The minimum atomic E-state index is -0.692. The fourth-order valence-corrected chi connectivity index (χ4v) is 1.86. The van der Waals surface area contributed by atoms with E-state index in [1.54, 1.807) is 19.1 Å². The molecule has 1 heterocycles. The fraction of sp³-hybridized carbons (Fsp3) is 0.286. The first-order chi connectivity index (χ1) is 10.4.